The molecule has 1 saturated carbocycles. The number of hydrogen-bond donors (Lipinski definition) is 3. The number of nitrogens with one attached hydrogen (secondary N) is 1. The number of ether oxygens (including phenoxy) is 1. The Labute approximate surface area is 156 Å². The summed E-state index contributed by atoms with van der Waals surface area (Å²) in [6, 6.07) is -0.470. The second kappa shape index (κ2) is 10.1. The van der Waals surface area contributed by atoms with Crippen LogP contribution < -0.4 is 11.1 Å². The SMILES string of the molecule is CCCCC(=O)NC1C([C@@H](O)[C@@H](N)CC2CCCCC2)OC(=O)N1CC. The van der Waals surface area contributed by atoms with Crippen molar-refractivity contribution in [1.82, 2.24) is 10.2 Å². The normalized spacial score (nSPS) is 26.5. The maximum Gasteiger partial charge on any atom is 0.412 e. The fourth-order valence-electron chi connectivity index (χ4n) is 4.05. The summed E-state index contributed by atoms with van der Waals surface area (Å²) in [7, 11) is 0. The highest BCUT2D eigenvalue weighted by atomic mass is 16.6. The molecule has 1 aliphatic carbocycles. The molecule has 1 heterocycles. The molecule has 2 unspecified atom stereocenters. The van der Waals surface area contributed by atoms with Gasteiger partial charge in [0.1, 0.15) is 12.3 Å². The van der Waals surface area contributed by atoms with Crippen LogP contribution in [-0.4, -0.2) is 53.0 Å². The molecule has 150 valence electrons. The average Bonchev–Trinajstić information content (AvgIpc) is 2.95. The topological polar surface area (TPSA) is 105 Å². The van der Waals surface area contributed by atoms with Crippen molar-refractivity contribution in [2.24, 2.45) is 11.7 Å². The minimum absolute atomic E-state index is 0.133. The van der Waals surface area contributed by atoms with Crippen molar-refractivity contribution in [2.45, 2.75) is 96.1 Å². The van der Waals surface area contributed by atoms with Gasteiger partial charge in [-0.25, -0.2) is 4.79 Å². The first kappa shape index (κ1) is 21.0. The third-order valence-corrected chi connectivity index (χ3v) is 5.63. The van der Waals surface area contributed by atoms with E-state index in [0.29, 0.717) is 18.9 Å². The summed E-state index contributed by atoms with van der Waals surface area (Å²) >= 11 is 0. The zero-order chi connectivity index (χ0) is 19.1. The Morgan fingerprint density at radius 1 is 1.35 bits per heavy atom. The molecule has 0 aromatic carbocycles. The third-order valence-electron chi connectivity index (χ3n) is 5.63. The molecule has 2 fully saturated rings. The maximum absolute atomic E-state index is 12.2. The number of likely N-dealkylation sites (N-methyl/N-ethyl adjacent to an activating group) is 1. The maximum atomic E-state index is 12.2. The number of carbonyl (C=O) groups is 2. The zero-order valence-electron chi connectivity index (χ0n) is 16.2. The first-order valence-corrected chi connectivity index (χ1v) is 10.2. The minimum Gasteiger partial charge on any atom is -0.439 e. The van der Waals surface area contributed by atoms with Crippen molar-refractivity contribution in [3.63, 3.8) is 0 Å². The van der Waals surface area contributed by atoms with E-state index in [0.717, 1.165) is 32.1 Å². The van der Waals surface area contributed by atoms with Gasteiger partial charge in [0.2, 0.25) is 5.91 Å². The zero-order valence-corrected chi connectivity index (χ0v) is 16.2. The van der Waals surface area contributed by atoms with E-state index in [-0.39, 0.29) is 5.91 Å². The number of nitrogens with zero attached hydrogens (tertiary/aromatic N) is 1. The van der Waals surface area contributed by atoms with Gasteiger partial charge in [0, 0.05) is 19.0 Å². The van der Waals surface area contributed by atoms with Gasteiger partial charge in [-0.1, -0.05) is 45.4 Å². The molecule has 7 heteroatoms. The summed E-state index contributed by atoms with van der Waals surface area (Å²) in [4.78, 5) is 25.8. The van der Waals surface area contributed by atoms with Crippen molar-refractivity contribution in [3.05, 3.63) is 0 Å². The largest absolute Gasteiger partial charge is 0.439 e. The van der Waals surface area contributed by atoms with Crippen LogP contribution in [0.1, 0.15) is 71.6 Å². The quantitative estimate of drug-likeness (QED) is 0.577. The van der Waals surface area contributed by atoms with E-state index in [1.165, 1.54) is 24.2 Å². The number of cyclic esters (lactones) is 1. The van der Waals surface area contributed by atoms with E-state index in [2.05, 4.69) is 5.32 Å². The molecular formula is C19H35N3O4. The molecule has 1 saturated heterocycles. The van der Waals surface area contributed by atoms with Crippen LogP contribution in [0.4, 0.5) is 4.79 Å². The Bertz CT molecular complexity index is 468. The van der Waals surface area contributed by atoms with E-state index in [4.69, 9.17) is 10.5 Å². The summed E-state index contributed by atoms with van der Waals surface area (Å²) < 4.78 is 5.40. The van der Waals surface area contributed by atoms with E-state index < -0.39 is 30.5 Å². The Morgan fingerprint density at radius 2 is 2.04 bits per heavy atom. The van der Waals surface area contributed by atoms with Gasteiger partial charge in [-0.05, 0) is 25.7 Å². The molecule has 4 atom stereocenters. The van der Waals surface area contributed by atoms with Crippen LogP contribution in [0.3, 0.4) is 0 Å². The van der Waals surface area contributed by atoms with Gasteiger partial charge in [0.05, 0.1) is 0 Å². The van der Waals surface area contributed by atoms with Gasteiger partial charge in [-0.3, -0.25) is 9.69 Å². The van der Waals surface area contributed by atoms with Crippen molar-refractivity contribution < 1.29 is 19.4 Å². The van der Waals surface area contributed by atoms with Crippen LogP contribution in [0.25, 0.3) is 0 Å². The molecule has 4 N–H and O–H groups in total. The second-order valence-corrected chi connectivity index (χ2v) is 7.64. The lowest BCUT2D eigenvalue weighted by Crippen LogP contribution is -2.56. The smallest absolute Gasteiger partial charge is 0.412 e. The highest BCUT2D eigenvalue weighted by Crippen LogP contribution is 2.29. The van der Waals surface area contributed by atoms with Crippen molar-refractivity contribution in [2.75, 3.05) is 6.54 Å². The van der Waals surface area contributed by atoms with Crippen LogP contribution >= 0.6 is 0 Å². The van der Waals surface area contributed by atoms with Crippen LogP contribution in [-0.2, 0) is 9.53 Å². The number of aliphatic hydroxyl groups excluding tert-OH is 1. The molecule has 0 aromatic heterocycles. The molecule has 0 bridgehead atoms. The van der Waals surface area contributed by atoms with E-state index >= 15 is 0 Å². The molecule has 1 aliphatic heterocycles. The lowest BCUT2D eigenvalue weighted by molar-refractivity contribution is -0.123. The summed E-state index contributed by atoms with van der Waals surface area (Å²) in [6.45, 7) is 4.24. The predicted octanol–water partition coefficient (Wildman–Crippen LogP) is 2.12. The molecular weight excluding hydrogens is 334 g/mol. The van der Waals surface area contributed by atoms with Crippen molar-refractivity contribution in [3.8, 4) is 0 Å². The number of carbonyl (C=O) groups excluding carboxylic acids is 2. The first-order valence-electron chi connectivity index (χ1n) is 10.2. The molecule has 26 heavy (non-hydrogen) atoms. The third kappa shape index (κ3) is 5.33. The standard InChI is InChI=1S/C19H35N3O4/c1-3-5-11-15(23)21-18-17(26-19(25)22(18)4-2)16(24)14(20)12-13-9-7-6-8-10-13/h13-14,16-18,24H,3-12,20H2,1-2H3,(H,21,23)/t14-,16-,17?,18?/m0/s1. The van der Waals surface area contributed by atoms with Gasteiger partial charge in [-0.15, -0.1) is 0 Å². The Morgan fingerprint density at radius 3 is 2.65 bits per heavy atom. The highest BCUT2D eigenvalue weighted by Gasteiger charge is 2.47. The summed E-state index contributed by atoms with van der Waals surface area (Å²) in [6.07, 6.45) is 5.81. The number of amides is 2. The van der Waals surface area contributed by atoms with Crippen molar-refractivity contribution in [1.29, 1.82) is 0 Å². The monoisotopic (exact) mass is 369 g/mol. The Kier molecular flexibility index (Phi) is 8.15. The Hall–Kier alpha value is -1.34. The van der Waals surface area contributed by atoms with Gasteiger partial charge >= 0.3 is 6.09 Å². The lowest BCUT2D eigenvalue weighted by Gasteiger charge is -2.32. The van der Waals surface area contributed by atoms with Gasteiger partial charge < -0.3 is 20.9 Å². The second-order valence-electron chi connectivity index (χ2n) is 7.64. The molecule has 2 amide bonds. The van der Waals surface area contributed by atoms with E-state index in [1.54, 1.807) is 0 Å². The molecule has 7 nitrogen and oxygen atoms in total. The van der Waals surface area contributed by atoms with Gasteiger partial charge in [0.15, 0.2) is 6.10 Å². The molecule has 2 rings (SSSR count). The molecule has 0 spiro atoms. The number of aliphatic hydroxyl groups is 1. The number of hydrogen-bond acceptors (Lipinski definition) is 5. The first-order chi connectivity index (χ1) is 12.5. The lowest BCUT2D eigenvalue weighted by atomic mass is 9.83. The summed E-state index contributed by atoms with van der Waals surface area (Å²) in [5.41, 5.74) is 6.26. The predicted molar refractivity (Wildman–Crippen MR) is 99.3 cm³/mol. The van der Waals surface area contributed by atoms with Crippen LogP contribution in [0.15, 0.2) is 0 Å². The van der Waals surface area contributed by atoms with Crippen LogP contribution in [0, 0.1) is 5.92 Å². The average molecular weight is 370 g/mol. The highest BCUT2D eigenvalue weighted by molar-refractivity contribution is 5.78. The summed E-state index contributed by atoms with van der Waals surface area (Å²) in [5.74, 6) is 0.386. The van der Waals surface area contributed by atoms with Gasteiger partial charge in [0.25, 0.3) is 0 Å². The summed E-state index contributed by atoms with van der Waals surface area (Å²) in [5, 5.41) is 13.6. The fraction of sp³-hybridized carbons (Fsp3) is 0.895. The number of nitrogens with two attached hydrogens (primary N) is 1. The molecule has 0 aromatic rings. The minimum atomic E-state index is -0.992. The Balaban J connectivity index is 2.00. The van der Waals surface area contributed by atoms with E-state index in [1.807, 2.05) is 13.8 Å². The van der Waals surface area contributed by atoms with Crippen LogP contribution in [0.2, 0.25) is 0 Å². The van der Waals surface area contributed by atoms with Gasteiger partial charge in [-0.2, -0.15) is 0 Å². The fourth-order valence-corrected chi connectivity index (χ4v) is 4.05. The number of rotatable bonds is 9. The molecule has 2 aliphatic rings. The van der Waals surface area contributed by atoms with Crippen molar-refractivity contribution >= 4 is 12.0 Å². The van der Waals surface area contributed by atoms with E-state index in [9.17, 15) is 14.7 Å². The molecule has 0 radical (unpaired) electrons. The van der Waals surface area contributed by atoms with Crippen LogP contribution in [0.5, 0.6) is 0 Å². The number of unbranched alkanes of at least 4 members (excludes halogenated alkanes) is 1.